The summed E-state index contributed by atoms with van der Waals surface area (Å²) >= 11 is 0. The van der Waals surface area contributed by atoms with Crippen LogP contribution in [0.1, 0.15) is 0 Å². The number of rotatable bonds is 7. The molecule has 1 aromatic rings. The Morgan fingerprint density at radius 1 is 1.05 bits per heavy atom. The Bertz CT molecular complexity index is 635. The highest BCUT2D eigenvalue weighted by molar-refractivity contribution is 7.91. The molecule has 9 nitrogen and oxygen atoms in total. The van der Waals surface area contributed by atoms with E-state index in [9.17, 15) is 17.5 Å². The summed E-state index contributed by atoms with van der Waals surface area (Å²) in [5.74, 6) is -0.647. The van der Waals surface area contributed by atoms with Crippen LogP contribution in [0.25, 0.3) is 0 Å². The Kier molecular flexibility index (Phi) is 5.65. The molecule has 0 bridgehead atoms. The van der Waals surface area contributed by atoms with Crippen LogP contribution in [0, 0.1) is 0 Å². The van der Waals surface area contributed by atoms with Gasteiger partial charge in [-0.3, -0.25) is 4.52 Å². The van der Waals surface area contributed by atoms with Gasteiger partial charge in [0.05, 0.1) is 17.3 Å². The molecule has 0 saturated carbocycles. The molecule has 0 aromatic heterocycles. The normalized spacial score (nSPS) is 15.8. The zero-order valence-electron chi connectivity index (χ0n) is 9.89. The lowest BCUT2D eigenvalue weighted by Crippen LogP contribution is -2.12. The molecule has 114 valence electrons. The molecule has 0 heterocycles. The van der Waals surface area contributed by atoms with Crippen LogP contribution in [0.5, 0.6) is 0 Å². The van der Waals surface area contributed by atoms with Gasteiger partial charge in [-0.1, -0.05) is 18.2 Å². The number of benzene rings is 1. The maximum Gasteiger partial charge on any atom is 0.481 e. The third-order valence-electron chi connectivity index (χ3n) is 1.92. The molecule has 0 fully saturated rings. The van der Waals surface area contributed by atoms with E-state index in [0.29, 0.717) is 0 Å². The van der Waals surface area contributed by atoms with Crippen LogP contribution in [-0.4, -0.2) is 35.5 Å². The Morgan fingerprint density at radius 2 is 1.60 bits per heavy atom. The summed E-state index contributed by atoms with van der Waals surface area (Å²) in [4.78, 5) is 25.6. The molecule has 0 saturated heterocycles. The highest BCUT2D eigenvalue weighted by Crippen LogP contribution is 2.57. The first-order valence-electron chi connectivity index (χ1n) is 5.04. The summed E-state index contributed by atoms with van der Waals surface area (Å²) in [6.07, 6.45) is 0. The van der Waals surface area contributed by atoms with Crippen molar-refractivity contribution in [1.82, 2.24) is 0 Å². The number of phosphoric ester groups is 1. The standard InChI is InChI=1S/C8H12O9P2S/c9-18(10,11)17-19(12,13)16-6-7-20(14,15)8-4-2-1-3-5-8/h1-5H,6-7H2,(H,12,13)(H2,9,10,11). The second-order valence-electron chi connectivity index (χ2n) is 3.51. The summed E-state index contributed by atoms with van der Waals surface area (Å²) in [7, 11) is -14.0. The Labute approximate surface area is 114 Å². The van der Waals surface area contributed by atoms with E-state index in [1.165, 1.54) is 24.3 Å². The third-order valence-corrected chi connectivity index (χ3v) is 5.80. The highest BCUT2D eigenvalue weighted by Gasteiger charge is 2.32. The number of hydrogen-bond acceptors (Lipinski definition) is 6. The molecule has 0 aliphatic heterocycles. The topological polar surface area (TPSA) is 147 Å². The lowest BCUT2D eigenvalue weighted by Gasteiger charge is -2.12. The van der Waals surface area contributed by atoms with Crippen LogP contribution in [0.15, 0.2) is 35.2 Å². The number of hydrogen-bond donors (Lipinski definition) is 3. The maximum absolute atomic E-state index is 11.8. The Morgan fingerprint density at radius 3 is 2.10 bits per heavy atom. The van der Waals surface area contributed by atoms with Gasteiger partial charge >= 0.3 is 15.6 Å². The van der Waals surface area contributed by atoms with Gasteiger partial charge < -0.3 is 14.7 Å². The fourth-order valence-corrected chi connectivity index (χ4v) is 3.99. The molecule has 1 rings (SSSR count). The van der Waals surface area contributed by atoms with Gasteiger partial charge in [0.1, 0.15) is 0 Å². The lowest BCUT2D eigenvalue weighted by molar-refractivity contribution is 0.185. The molecule has 0 amide bonds. The minimum absolute atomic E-state index is 0.00715. The van der Waals surface area contributed by atoms with E-state index >= 15 is 0 Å². The first-order chi connectivity index (χ1) is 9.02. The summed E-state index contributed by atoms with van der Waals surface area (Å²) in [5, 5.41) is 0. The Hall–Kier alpha value is -0.570. The van der Waals surface area contributed by atoms with E-state index < -0.39 is 37.8 Å². The summed E-state index contributed by atoms with van der Waals surface area (Å²) in [6, 6.07) is 7.29. The van der Waals surface area contributed by atoms with Crippen molar-refractivity contribution >= 4 is 25.5 Å². The van der Waals surface area contributed by atoms with E-state index in [0.717, 1.165) is 0 Å². The van der Waals surface area contributed by atoms with Gasteiger partial charge in [0, 0.05) is 0 Å². The molecule has 3 N–H and O–H groups in total. The third kappa shape index (κ3) is 6.25. The fraction of sp³-hybridized carbons (Fsp3) is 0.250. The molecule has 0 spiro atoms. The predicted octanol–water partition coefficient (Wildman–Crippen LogP) is 0.687. The number of phosphoric acid groups is 2. The average molecular weight is 346 g/mol. The first kappa shape index (κ1) is 17.5. The molecule has 12 heteroatoms. The average Bonchev–Trinajstić information content (AvgIpc) is 2.26. The molecule has 1 aromatic carbocycles. The van der Waals surface area contributed by atoms with Crippen molar-refractivity contribution in [2.24, 2.45) is 0 Å². The van der Waals surface area contributed by atoms with E-state index in [1.54, 1.807) is 6.07 Å². The zero-order valence-corrected chi connectivity index (χ0v) is 12.5. The summed E-state index contributed by atoms with van der Waals surface area (Å²) in [5.41, 5.74) is 0. The van der Waals surface area contributed by atoms with Crippen LogP contribution in [0.3, 0.4) is 0 Å². The van der Waals surface area contributed by atoms with Gasteiger partial charge in [-0.15, -0.1) is 0 Å². The van der Waals surface area contributed by atoms with Gasteiger partial charge in [0.25, 0.3) is 0 Å². The highest BCUT2D eigenvalue weighted by atomic mass is 32.2. The molecular weight excluding hydrogens is 334 g/mol. The van der Waals surface area contributed by atoms with Gasteiger partial charge in [0.15, 0.2) is 9.84 Å². The van der Waals surface area contributed by atoms with E-state index in [1.807, 2.05) is 0 Å². The van der Waals surface area contributed by atoms with Crippen molar-refractivity contribution in [1.29, 1.82) is 0 Å². The van der Waals surface area contributed by atoms with Gasteiger partial charge in [0.2, 0.25) is 0 Å². The van der Waals surface area contributed by atoms with E-state index in [4.69, 9.17) is 14.7 Å². The molecule has 20 heavy (non-hydrogen) atoms. The molecule has 0 aliphatic carbocycles. The van der Waals surface area contributed by atoms with Crippen LogP contribution in [-0.2, 0) is 27.8 Å². The minimum atomic E-state index is -5.21. The second-order valence-corrected chi connectivity index (χ2v) is 8.44. The molecular formula is C8H12O9P2S. The Balaban J connectivity index is 2.61. The molecule has 1 unspecified atom stereocenters. The maximum atomic E-state index is 11.8. The number of sulfone groups is 1. The van der Waals surface area contributed by atoms with E-state index in [2.05, 4.69) is 8.83 Å². The van der Waals surface area contributed by atoms with Crippen molar-refractivity contribution < 1.29 is 41.1 Å². The van der Waals surface area contributed by atoms with Gasteiger partial charge in [-0.2, -0.15) is 4.31 Å². The second kappa shape index (κ2) is 6.46. The van der Waals surface area contributed by atoms with Gasteiger partial charge in [-0.05, 0) is 12.1 Å². The van der Waals surface area contributed by atoms with Crippen molar-refractivity contribution in [2.45, 2.75) is 4.90 Å². The van der Waals surface area contributed by atoms with Crippen LogP contribution in [0.4, 0.5) is 0 Å². The lowest BCUT2D eigenvalue weighted by atomic mass is 10.4. The van der Waals surface area contributed by atoms with Crippen LogP contribution in [0.2, 0.25) is 0 Å². The molecule has 1 atom stereocenters. The van der Waals surface area contributed by atoms with Crippen LogP contribution < -0.4 is 0 Å². The fourth-order valence-electron chi connectivity index (χ4n) is 1.17. The smallest absolute Gasteiger partial charge is 0.302 e. The molecule has 0 radical (unpaired) electrons. The van der Waals surface area contributed by atoms with Crippen molar-refractivity contribution in [2.75, 3.05) is 12.4 Å². The van der Waals surface area contributed by atoms with Crippen molar-refractivity contribution in [3.05, 3.63) is 30.3 Å². The SMILES string of the molecule is O=P(O)(O)OP(=O)(O)OCCS(=O)(=O)c1ccccc1. The van der Waals surface area contributed by atoms with E-state index in [-0.39, 0.29) is 4.90 Å². The van der Waals surface area contributed by atoms with Crippen molar-refractivity contribution in [3.8, 4) is 0 Å². The quantitative estimate of drug-likeness (QED) is 0.606. The summed E-state index contributed by atoms with van der Waals surface area (Å²) < 4.78 is 52.6. The predicted molar refractivity (Wildman–Crippen MR) is 67.4 cm³/mol. The summed E-state index contributed by atoms with van der Waals surface area (Å²) in [6.45, 7) is -0.759. The van der Waals surface area contributed by atoms with Crippen LogP contribution >= 0.6 is 15.6 Å². The largest absolute Gasteiger partial charge is 0.481 e. The zero-order chi connectivity index (χ0) is 15.4. The minimum Gasteiger partial charge on any atom is -0.302 e. The molecule has 0 aliphatic rings. The van der Waals surface area contributed by atoms with Gasteiger partial charge in [-0.25, -0.2) is 17.5 Å². The monoisotopic (exact) mass is 346 g/mol. The first-order valence-corrected chi connectivity index (χ1v) is 9.72. The van der Waals surface area contributed by atoms with Crippen molar-refractivity contribution in [3.63, 3.8) is 0 Å².